The number of aryl methyl sites for hydroxylation is 1. The molecular formula is C17H19N3OS. The highest BCUT2D eigenvalue weighted by molar-refractivity contribution is 8.00. The Kier molecular flexibility index (Phi) is 4.43. The third kappa shape index (κ3) is 2.99. The van der Waals surface area contributed by atoms with Crippen LogP contribution in [0.2, 0.25) is 0 Å². The highest BCUT2D eigenvalue weighted by Gasteiger charge is 2.31. The quantitative estimate of drug-likeness (QED) is 0.644. The molecule has 0 radical (unpaired) electrons. The average molecular weight is 313 g/mol. The van der Waals surface area contributed by atoms with Gasteiger partial charge in [-0.1, -0.05) is 30.0 Å². The van der Waals surface area contributed by atoms with Crippen molar-refractivity contribution in [2.45, 2.75) is 43.1 Å². The monoisotopic (exact) mass is 313 g/mol. The third-order valence-electron chi connectivity index (χ3n) is 3.93. The minimum atomic E-state index is -0.212. The standard InChI is InChI=1S/C17H19N3OS/c1-12-8-9-14-6-3-4-7-15(14)20(12)16(21)13(2)22-17-18-10-5-11-19-17/h3-7,10-13H,8-9H2,1-2H3. The van der Waals surface area contributed by atoms with Crippen LogP contribution in [0.5, 0.6) is 0 Å². The van der Waals surface area contributed by atoms with Crippen molar-refractivity contribution < 1.29 is 4.79 Å². The van der Waals surface area contributed by atoms with Crippen molar-refractivity contribution in [1.29, 1.82) is 0 Å². The molecule has 2 atom stereocenters. The molecule has 1 amide bonds. The van der Waals surface area contributed by atoms with Crippen LogP contribution in [0.25, 0.3) is 0 Å². The molecule has 4 nitrogen and oxygen atoms in total. The molecule has 1 aliphatic rings. The zero-order chi connectivity index (χ0) is 15.5. The number of amides is 1. The van der Waals surface area contributed by atoms with Gasteiger partial charge in [0.1, 0.15) is 0 Å². The van der Waals surface area contributed by atoms with E-state index in [-0.39, 0.29) is 17.2 Å². The zero-order valence-electron chi connectivity index (χ0n) is 12.8. The van der Waals surface area contributed by atoms with E-state index < -0.39 is 0 Å². The maximum atomic E-state index is 12.9. The van der Waals surface area contributed by atoms with E-state index in [2.05, 4.69) is 23.0 Å². The minimum absolute atomic E-state index is 0.122. The van der Waals surface area contributed by atoms with E-state index >= 15 is 0 Å². The number of hydrogen-bond acceptors (Lipinski definition) is 4. The van der Waals surface area contributed by atoms with Gasteiger partial charge in [0.15, 0.2) is 5.16 Å². The van der Waals surface area contributed by atoms with Crippen molar-refractivity contribution in [2.75, 3.05) is 4.90 Å². The van der Waals surface area contributed by atoms with Crippen LogP contribution in [-0.4, -0.2) is 27.2 Å². The summed E-state index contributed by atoms with van der Waals surface area (Å²) in [6.07, 6.45) is 5.43. The van der Waals surface area contributed by atoms with Gasteiger partial charge < -0.3 is 4.90 Å². The molecule has 0 aliphatic carbocycles. The number of carbonyl (C=O) groups is 1. The van der Waals surface area contributed by atoms with Gasteiger partial charge in [-0.2, -0.15) is 0 Å². The van der Waals surface area contributed by atoms with Crippen LogP contribution >= 0.6 is 11.8 Å². The molecule has 1 aliphatic heterocycles. The smallest absolute Gasteiger partial charge is 0.240 e. The van der Waals surface area contributed by atoms with Crippen LogP contribution in [0.1, 0.15) is 25.8 Å². The van der Waals surface area contributed by atoms with E-state index in [9.17, 15) is 4.79 Å². The second kappa shape index (κ2) is 6.48. The van der Waals surface area contributed by atoms with Crippen LogP contribution < -0.4 is 4.90 Å². The Morgan fingerprint density at radius 2 is 2.00 bits per heavy atom. The van der Waals surface area contributed by atoms with E-state index in [0.29, 0.717) is 5.16 Å². The normalized spacial score (nSPS) is 18.6. The Labute approximate surface area is 135 Å². The van der Waals surface area contributed by atoms with Gasteiger partial charge in [-0.25, -0.2) is 9.97 Å². The average Bonchev–Trinajstić information content (AvgIpc) is 2.55. The van der Waals surface area contributed by atoms with Crippen molar-refractivity contribution in [3.8, 4) is 0 Å². The molecule has 2 heterocycles. The lowest BCUT2D eigenvalue weighted by Crippen LogP contribution is -2.45. The Balaban J connectivity index is 1.82. The Morgan fingerprint density at radius 3 is 2.77 bits per heavy atom. The van der Waals surface area contributed by atoms with Crippen LogP contribution in [0.3, 0.4) is 0 Å². The summed E-state index contributed by atoms with van der Waals surface area (Å²) >= 11 is 1.41. The van der Waals surface area contributed by atoms with Crippen molar-refractivity contribution in [3.05, 3.63) is 48.3 Å². The minimum Gasteiger partial charge on any atom is -0.308 e. The van der Waals surface area contributed by atoms with Gasteiger partial charge in [0, 0.05) is 24.1 Å². The molecular weight excluding hydrogens is 294 g/mol. The molecule has 3 rings (SSSR count). The van der Waals surface area contributed by atoms with E-state index in [4.69, 9.17) is 0 Å². The molecule has 1 aromatic carbocycles. The molecule has 114 valence electrons. The van der Waals surface area contributed by atoms with E-state index in [1.165, 1.54) is 17.3 Å². The van der Waals surface area contributed by atoms with Crippen LogP contribution in [0.15, 0.2) is 47.9 Å². The number of nitrogens with zero attached hydrogens (tertiary/aromatic N) is 3. The summed E-state index contributed by atoms with van der Waals surface area (Å²) in [7, 11) is 0. The number of thioether (sulfide) groups is 1. The molecule has 0 bridgehead atoms. The van der Waals surface area contributed by atoms with E-state index in [0.717, 1.165) is 18.5 Å². The molecule has 0 saturated heterocycles. The van der Waals surface area contributed by atoms with Gasteiger partial charge in [0.2, 0.25) is 5.91 Å². The number of rotatable bonds is 3. The number of hydrogen-bond donors (Lipinski definition) is 0. The summed E-state index contributed by atoms with van der Waals surface area (Å²) in [4.78, 5) is 23.3. The molecule has 22 heavy (non-hydrogen) atoms. The van der Waals surface area contributed by atoms with Gasteiger partial charge in [-0.3, -0.25) is 4.79 Å². The molecule has 2 aromatic rings. The van der Waals surface area contributed by atoms with Gasteiger partial charge in [0.05, 0.1) is 5.25 Å². The SMILES string of the molecule is CC(Sc1ncccn1)C(=O)N1c2ccccc2CCC1C. The molecule has 2 unspecified atom stereocenters. The van der Waals surface area contributed by atoms with Gasteiger partial charge in [0.25, 0.3) is 0 Å². The highest BCUT2D eigenvalue weighted by atomic mass is 32.2. The highest BCUT2D eigenvalue weighted by Crippen LogP contribution is 2.33. The Morgan fingerprint density at radius 1 is 1.27 bits per heavy atom. The second-order valence-electron chi connectivity index (χ2n) is 5.52. The number of fused-ring (bicyclic) bond motifs is 1. The van der Waals surface area contributed by atoms with Crippen LogP contribution in [0.4, 0.5) is 5.69 Å². The number of anilines is 1. The van der Waals surface area contributed by atoms with E-state index in [1.54, 1.807) is 18.5 Å². The van der Waals surface area contributed by atoms with Crippen molar-refractivity contribution in [1.82, 2.24) is 9.97 Å². The fourth-order valence-corrected chi connectivity index (χ4v) is 3.55. The largest absolute Gasteiger partial charge is 0.308 e. The van der Waals surface area contributed by atoms with E-state index in [1.807, 2.05) is 30.0 Å². The van der Waals surface area contributed by atoms with Crippen molar-refractivity contribution in [2.24, 2.45) is 0 Å². The first-order valence-electron chi connectivity index (χ1n) is 7.51. The first-order chi connectivity index (χ1) is 10.7. The maximum Gasteiger partial charge on any atom is 0.240 e. The lowest BCUT2D eigenvalue weighted by molar-refractivity contribution is -0.118. The lowest BCUT2D eigenvalue weighted by atomic mass is 9.96. The van der Waals surface area contributed by atoms with Crippen LogP contribution in [-0.2, 0) is 11.2 Å². The topological polar surface area (TPSA) is 46.1 Å². The number of benzene rings is 1. The first-order valence-corrected chi connectivity index (χ1v) is 8.39. The number of aromatic nitrogens is 2. The lowest BCUT2D eigenvalue weighted by Gasteiger charge is -2.36. The van der Waals surface area contributed by atoms with Gasteiger partial charge >= 0.3 is 0 Å². The predicted octanol–water partition coefficient (Wildman–Crippen LogP) is 3.33. The summed E-state index contributed by atoms with van der Waals surface area (Å²) in [5, 5.41) is 0.428. The zero-order valence-corrected chi connectivity index (χ0v) is 13.6. The van der Waals surface area contributed by atoms with Gasteiger partial charge in [-0.05, 0) is 44.4 Å². The molecule has 1 aromatic heterocycles. The Hall–Kier alpha value is -1.88. The number of para-hydroxylation sites is 1. The predicted molar refractivity (Wildman–Crippen MR) is 89.1 cm³/mol. The van der Waals surface area contributed by atoms with Crippen LogP contribution in [0, 0.1) is 0 Å². The molecule has 0 fully saturated rings. The fraction of sp³-hybridized carbons (Fsp3) is 0.353. The van der Waals surface area contributed by atoms with Crippen molar-refractivity contribution in [3.63, 3.8) is 0 Å². The molecule has 0 N–H and O–H groups in total. The van der Waals surface area contributed by atoms with Gasteiger partial charge in [-0.15, -0.1) is 0 Å². The third-order valence-corrected chi connectivity index (χ3v) is 4.91. The maximum absolute atomic E-state index is 12.9. The summed E-state index contributed by atoms with van der Waals surface area (Å²) < 4.78 is 0. The molecule has 5 heteroatoms. The summed E-state index contributed by atoms with van der Waals surface area (Å²) in [6.45, 7) is 4.04. The summed E-state index contributed by atoms with van der Waals surface area (Å²) in [5.74, 6) is 0.122. The number of carbonyl (C=O) groups excluding carboxylic acids is 1. The second-order valence-corrected chi connectivity index (χ2v) is 6.82. The summed E-state index contributed by atoms with van der Waals surface area (Å²) in [6, 6.07) is 10.2. The molecule has 0 spiro atoms. The fourth-order valence-electron chi connectivity index (χ4n) is 2.77. The summed E-state index contributed by atoms with van der Waals surface area (Å²) in [5.41, 5.74) is 2.30. The first kappa shape index (κ1) is 15.0. The molecule has 0 saturated carbocycles. The Bertz CT molecular complexity index is 662. The van der Waals surface area contributed by atoms with Crippen molar-refractivity contribution >= 4 is 23.4 Å².